The zero-order valence-corrected chi connectivity index (χ0v) is 25.5. The highest BCUT2D eigenvalue weighted by Crippen LogP contribution is 2.28. The van der Waals surface area contributed by atoms with Gasteiger partial charge in [0.1, 0.15) is 29.1 Å². The molecular formula is C31H38ClNO8. The van der Waals surface area contributed by atoms with E-state index < -0.39 is 47.0 Å². The molecule has 0 aliphatic carbocycles. The van der Waals surface area contributed by atoms with E-state index in [2.05, 4.69) is 0 Å². The van der Waals surface area contributed by atoms with E-state index in [-0.39, 0.29) is 18.7 Å². The minimum Gasteiger partial charge on any atom is -0.476 e. The number of benzene rings is 2. The molecule has 0 unspecified atom stereocenters. The summed E-state index contributed by atoms with van der Waals surface area (Å²) in [6.45, 7) is 13.4. The van der Waals surface area contributed by atoms with Crippen molar-refractivity contribution in [1.29, 1.82) is 0 Å². The number of rotatable bonds is 7. The van der Waals surface area contributed by atoms with E-state index in [1.54, 1.807) is 104 Å². The minimum atomic E-state index is -1.41. The van der Waals surface area contributed by atoms with Crippen molar-refractivity contribution in [1.82, 2.24) is 4.90 Å². The fourth-order valence-electron chi connectivity index (χ4n) is 4.07. The Bertz CT molecular complexity index is 1240. The van der Waals surface area contributed by atoms with Gasteiger partial charge in [0.05, 0.1) is 6.54 Å². The lowest BCUT2D eigenvalue weighted by Crippen LogP contribution is -2.45. The average Bonchev–Trinajstić information content (AvgIpc) is 3.26. The fraction of sp³-hybridized carbons (Fsp3) is 0.484. The van der Waals surface area contributed by atoms with Crippen LogP contribution in [0.3, 0.4) is 0 Å². The van der Waals surface area contributed by atoms with Crippen molar-refractivity contribution in [3.05, 3.63) is 64.7 Å². The molecule has 2 aromatic carbocycles. The van der Waals surface area contributed by atoms with Gasteiger partial charge in [0.25, 0.3) is 0 Å². The summed E-state index contributed by atoms with van der Waals surface area (Å²) in [6.07, 6.45) is -1.43. The number of ether oxygens (including phenoxy) is 4. The molecule has 1 aliphatic heterocycles. The van der Waals surface area contributed by atoms with Gasteiger partial charge in [-0.3, -0.25) is 9.69 Å². The molecule has 222 valence electrons. The average molecular weight is 588 g/mol. The first-order valence-corrected chi connectivity index (χ1v) is 13.8. The number of hydrogen-bond acceptors (Lipinski definition) is 8. The summed E-state index contributed by atoms with van der Waals surface area (Å²) in [5.74, 6) is -1.11. The van der Waals surface area contributed by atoms with Crippen molar-refractivity contribution in [2.24, 2.45) is 0 Å². The molecule has 10 heteroatoms. The zero-order valence-electron chi connectivity index (χ0n) is 24.8. The lowest BCUT2D eigenvalue weighted by Gasteiger charge is -2.29. The van der Waals surface area contributed by atoms with E-state index in [1.807, 2.05) is 0 Å². The summed E-state index contributed by atoms with van der Waals surface area (Å²) >= 11 is 5.90. The van der Waals surface area contributed by atoms with Gasteiger partial charge in [0.15, 0.2) is 11.4 Å². The highest BCUT2D eigenvalue weighted by Gasteiger charge is 2.46. The second-order valence-electron chi connectivity index (χ2n) is 12.4. The van der Waals surface area contributed by atoms with Gasteiger partial charge >= 0.3 is 18.0 Å². The van der Waals surface area contributed by atoms with E-state index in [0.29, 0.717) is 21.9 Å². The Morgan fingerprint density at radius 1 is 0.780 bits per heavy atom. The van der Waals surface area contributed by atoms with Gasteiger partial charge in [0.2, 0.25) is 0 Å². The maximum Gasteiger partial charge on any atom is 0.411 e. The van der Waals surface area contributed by atoms with Crippen molar-refractivity contribution in [2.45, 2.75) is 90.8 Å². The topological polar surface area (TPSA) is 108 Å². The molecule has 1 saturated heterocycles. The van der Waals surface area contributed by atoms with Crippen molar-refractivity contribution in [3.8, 4) is 5.75 Å². The van der Waals surface area contributed by atoms with Gasteiger partial charge in [-0.1, -0.05) is 11.6 Å². The van der Waals surface area contributed by atoms with Crippen LogP contribution in [0.2, 0.25) is 5.02 Å². The third-order valence-corrected chi connectivity index (χ3v) is 6.18. The molecule has 1 aliphatic rings. The molecule has 0 saturated carbocycles. The molecule has 2 aromatic rings. The maximum atomic E-state index is 13.2. The molecule has 41 heavy (non-hydrogen) atoms. The molecule has 1 heterocycles. The Kier molecular flexibility index (Phi) is 9.43. The van der Waals surface area contributed by atoms with Crippen LogP contribution in [0.15, 0.2) is 48.5 Å². The fourth-order valence-corrected chi connectivity index (χ4v) is 4.20. The number of likely N-dealkylation sites (tertiary alicyclic amines) is 1. The minimum absolute atomic E-state index is 0.0395. The van der Waals surface area contributed by atoms with Gasteiger partial charge < -0.3 is 18.9 Å². The van der Waals surface area contributed by atoms with Crippen molar-refractivity contribution in [3.63, 3.8) is 0 Å². The maximum absolute atomic E-state index is 13.2. The van der Waals surface area contributed by atoms with Crippen LogP contribution in [-0.2, 0) is 23.8 Å². The summed E-state index contributed by atoms with van der Waals surface area (Å²) in [5, 5.41) is 0.537. The van der Waals surface area contributed by atoms with Gasteiger partial charge in [-0.05, 0) is 104 Å². The highest BCUT2D eigenvalue weighted by atomic mass is 35.5. The Balaban J connectivity index is 1.68. The molecule has 1 amide bonds. The van der Waals surface area contributed by atoms with E-state index in [0.717, 1.165) is 0 Å². The molecule has 9 nitrogen and oxygen atoms in total. The molecule has 0 radical (unpaired) electrons. The first-order chi connectivity index (χ1) is 18.8. The highest BCUT2D eigenvalue weighted by molar-refractivity contribution is 6.30. The van der Waals surface area contributed by atoms with E-state index in [1.165, 1.54) is 4.90 Å². The van der Waals surface area contributed by atoms with Gasteiger partial charge in [-0.2, -0.15) is 0 Å². The number of nitrogens with zero attached hydrogens (tertiary/aromatic N) is 1. The Labute approximate surface area is 246 Å². The molecule has 0 spiro atoms. The third kappa shape index (κ3) is 8.95. The van der Waals surface area contributed by atoms with Gasteiger partial charge in [-0.25, -0.2) is 14.4 Å². The standard InChI is InChI=1S/C31H38ClNO8/c1-29(2,3)40-26(35)24-17-23(18-33(24)28(37)41-30(4,5)6)38-27(36)31(7,8)39-22-15-11-20(12-16-22)25(34)19-9-13-21(32)14-10-19/h9-16,23-24H,17-18H2,1-8H3/t23-,24+/m1/s1. The summed E-state index contributed by atoms with van der Waals surface area (Å²) in [4.78, 5) is 52.9. The normalized spacial score (nSPS) is 17.5. The second-order valence-corrected chi connectivity index (χ2v) is 12.9. The zero-order chi connectivity index (χ0) is 30.8. The van der Waals surface area contributed by atoms with Crippen molar-refractivity contribution in [2.75, 3.05) is 6.54 Å². The van der Waals surface area contributed by atoms with E-state index in [4.69, 9.17) is 30.5 Å². The van der Waals surface area contributed by atoms with Crippen LogP contribution in [0.1, 0.15) is 77.7 Å². The summed E-state index contributed by atoms with van der Waals surface area (Å²) < 4.78 is 22.6. The number of ketones is 1. The molecule has 0 bridgehead atoms. The summed E-state index contributed by atoms with van der Waals surface area (Å²) in [7, 11) is 0. The van der Waals surface area contributed by atoms with Crippen LogP contribution < -0.4 is 4.74 Å². The van der Waals surface area contributed by atoms with Crippen LogP contribution in [0.5, 0.6) is 5.75 Å². The Hall–Kier alpha value is -3.59. The summed E-state index contributed by atoms with van der Waals surface area (Å²) in [6, 6.07) is 12.0. The monoisotopic (exact) mass is 587 g/mol. The van der Waals surface area contributed by atoms with Crippen molar-refractivity contribution >= 4 is 35.4 Å². The molecule has 3 rings (SSSR count). The number of halogens is 1. The van der Waals surface area contributed by atoms with E-state index in [9.17, 15) is 19.2 Å². The van der Waals surface area contributed by atoms with Crippen LogP contribution in [0.4, 0.5) is 4.79 Å². The number of carbonyl (C=O) groups is 4. The third-order valence-electron chi connectivity index (χ3n) is 5.93. The Morgan fingerprint density at radius 3 is 1.80 bits per heavy atom. The molecule has 0 N–H and O–H groups in total. The van der Waals surface area contributed by atoms with Gasteiger partial charge in [0, 0.05) is 22.6 Å². The van der Waals surface area contributed by atoms with Crippen LogP contribution >= 0.6 is 11.6 Å². The van der Waals surface area contributed by atoms with Crippen LogP contribution in [0, 0.1) is 0 Å². The number of hydrogen-bond donors (Lipinski definition) is 0. The van der Waals surface area contributed by atoms with Crippen LogP contribution in [-0.4, -0.2) is 64.2 Å². The summed E-state index contributed by atoms with van der Waals surface area (Å²) in [5.41, 5.74) is -2.02. The lowest BCUT2D eigenvalue weighted by atomic mass is 10.0. The molecule has 2 atom stereocenters. The predicted molar refractivity (Wildman–Crippen MR) is 153 cm³/mol. The lowest BCUT2D eigenvalue weighted by molar-refractivity contribution is -0.165. The smallest absolute Gasteiger partial charge is 0.411 e. The number of carbonyl (C=O) groups excluding carboxylic acids is 4. The Morgan fingerprint density at radius 2 is 1.29 bits per heavy atom. The van der Waals surface area contributed by atoms with Gasteiger partial charge in [-0.15, -0.1) is 0 Å². The first kappa shape index (κ1) is 31.9. The quantitative estimate of drug-likeness (QED) is 0.221. The largest absolute Gasteiger partial charge is 0.476 e. The predicted octanol–water partition coefficient (Wildman–Crippen LogP) is 5.99. The first-order valence-electron chi connectivity index (χ1n) is 13.4. The molecule has 0 aromatic heterocycles. The molecule has 1 fully saturated rings. The SMILES string of the molecule is CC(C)(C)OC(=O)[C@@H]1C[C@@H](OC(=O)C(C)(C)Oc2ccc(C(=O)c3ccc(Cl)cc3)cc2)CN1C(=O)OC(C)(C)C. The molecular weight excluding hydrogens is 550 g/mol. The number of amides is 1. The second kappa shape index (κ2) is 12.1. The number of esters is 2. The van der Waals surface area contributed by atoms with Crippen molar-refractivity contribution < 1.29 is 38.1 Å². The van der Waals surface area contributed by atoms with Crippen LogP contribution in [0.25, 0.3) is 0 Å². The van der Waals surface area contributed by atoms with E-state index >= 15 is 0 Å².